The summed E-state index contributed by atoms with van der Waals surface area (Å²) < 4.78 is 5.74. The molecule has 1 aromatic heterocycles. The van der Waals surface area contributed by atoms with Gasteiger partial charge in [-0.25, -0.2) is 0 Å². The average molecular weight is 273 g/mol. The SMILES string of the molecule is Nc1ccc2[nH]cc(COc3ccccc3Cl)c2c1. The quantitative estimate of drug-likeness (QED) is 0.709. The predicted octanol–water partition coefficient (Wildman–Crippen LogP) is 3.98. The molecule has 0 bridgehead atoms. The molecule has 0 atom stereocenters. The molecule has 3 N–H and O–H groups in total. The fraction of sp³-hybridized carbons (Fsp3) is 0.0667. The average Bonchev–Trinajstić information content (AvgIpc) is 2.80. The lowest BCUT2D eigenvalue weighted by molar-refractivity contribution is 0.308. The molecular formula is C15H13ClN2O. The molecule has 1 heterocycles. The second-order valence-electron chi connectivity index (χ2n) is 4.34. The molecule has 96 valence electrons. The summed E-state index contributed by atoms with van der Waals surface area (Å²) in [5, 5.41) is 1.69. The van der Waals surface area contributed by atoms with E-state index < -0.39 is 0 Å². The lowest BCUT2D eigenvalue weighted by Gasteiger charge is -2.07. The predicted molar refractivity (Wildman–Crippen MR) is 78.5 cm³/mol. The van der Waals surface area contributed by atoms with E-state index in [4.69, 9.17) is 22.1 Å². The molecule has 0 amide bonds. The van der Waals surface area contributed by atoms with Crippen LogP contribution in [0.25, 0.3) is 10.9 Å². The highest BCUT2D eigenvalue weighted by Gasteiger charge is 2.06. The van der Waals surface area contributed by atoms with E-state index >= 15 is 0 Å². The van der Waals surface area contributed by atoms with Crippen LogP contribution in [0.3, 0.4) is 0 Å². The molecule has 0 aliphatic rings. The van der Waals surface area contributed by atoms with E-state index in [1.807, 2.05) is 48.7 Å². The van der Waals surface area contributed by atoms with Gasteiger partial charge in [0.1, 0.15) is 12.4 Å². The van der Waals surface area contributed by atoms with E-state index in [1.165, 1.54) is 0 Å². The van der Waals surface area contributed by atoms with Gasteiger partial charge in [0.25, 0.3) is 0 Å². The van der Waals surface area contributed by atoms with Gasteiger partial charge in [0.2, 0.25) is 0 Å². The number of aromatic nitrogens is 1. The Balaban J connectivity index is 1.86. The van der Waals surface area contributed by atoms with Gasteiger partial charge in [-0.2, -0.15) is 0 Å². The van der Waals surface area contributed by atoms with Gasteiger partial charge in [-0.05, 0) is 30.3 Å². The van der Waals surface area contributed by atoms with Crippen molar-refractivity contribution in [2.45, 2.75) is 6.61 Å². The Morgan fingerprint density at radius 1 is 1.16 bits per heavy atom. The number of ether oxygens (including phenoxy) is 1. The van der Waals surface area contributed by atoms with Crippen LogP contribution >= 0.6 is 11.6 Å². The molecule has 0 saturated heterocycles. The first kappa shape index (κ1) is 11.9. The lowest BCUT2D eigenvalue weighted by Crippen LogP contribution is -1.95. The van der Waals surface area contributed by atoms with Crippen LogP contribution in [-0.2, 0) is 6.61 Å². The summed E-state index contributed by atoms with van der Waals surface area (Å²) in [7, 11) is 0. The second-order valence-corrected chi connectivity index (χ2v) is 4.75. The Labute approximate surface area is 116 Å². The summed E-state index contributed by atoms with van der Waals surface area (Å²) in [5.41, 5.74) is 8.65. The Morgan fingerprint density at radius 3 is 2.84 bits per heavy atom. The maximum Gasteiger partial charge on any atom is 0.138 e. The van der Waals surface area contributed by atoms with Crippen LogP contribution in [0.5, 0.6) is 5.75 Å². The highest BCUT2D eigenvalue weighted by Crippen LogP contribution is 2.26. The summed E-state index contributed by atoms with van der Waals surface area (Å²) in [6, 6.07) is 13.2. The molecule has 0 aliphatic carbocycles. The van der Waals surface area contributed by atoms with Crippen LogP contribution in [0.4, 0.5) is 5.69 Å². The standard InChI is InChI=1S/C15H13ClN2O/c16-13-3-1-2-4-15(13)19-9-10-8-18-14-6-5-11(17)7-12(10)14/h1-8,18H,9,17H2. The number of anilines is 1. The van der Waals surface area contributed by atoms with Crippen LogP contribution < -0.4 is 10.5 Å². The molecule has 3 rings (SSSR count). The van der Waals surface area contributed by atoms with Crippen molar-refractivity contribution >= 4 is 28.2 Å². The number of nitrogens with two attached hydrogens (primary N) is 1. The fourth-order valence-corrected chi connectivity index (χ4v) is 2.22. The van der Waals surface area contributed by atoms with Crippen molar-refractivity contribution in [3.05, 3.63) is 59.2 Å². The number of hydrogen-bond donors (Lipinski definition) is 2. The minimum absolute atomic E-state index is 0.452. The monoisotopic (exact) mass is 272 g/mol. The zero-order valence-corrected chi connectivity index (χ0v) is 10.9. The van der Waals surface area contributed by atoms with Gasteiger partial charge in [0.05, 0.1) is 5.02 Å². The van der Waals surface area contributed by atoms with E-state index in [-0.39, 0.29) is 0 Å². The first-order chi connectivity index (χ1) is 9.24. The molecule has 4 heteroatoms. The van der Waals surface area contributed by atoms with Crippen molar-refractivity contribution in [2.75, 3.05) is 5.73 Å². The minimum Gasteiger partial charge on any atom is -0.487 e. The Hall–Kier alpha value is -2.13. The summed E-state index contributed by atoms with van der Waals surface area (Å²) in [6.07, 6.45) is 1.93. The molecule has 3 nitrogen and oxygen atoms in total. The molecule has 0 aliphatic heterocycles. The molecular weight excluding hydrogens is 260 g/mol. The van der Waals surface area contributed by atoms with Gasteiger partial charge in [-0.3, -0.25) is 0 Å². The Bertz CT molecular complexity index is 721. The molecule has 2 aromatic carbocycles. The number of aromatic amines is 1. The van der Waals surface area contributed by atoms with Crippen LogP contribution in [0.2, 0.25) is 5.02 Å². The van der Waals surface area contributed by atoms with Gasteiger partial charge in [0, 0.05) is 28.4 Å². The molecule has 0 fully saturated rings. The van der Waals surface area contributed by atoms with Gasteiger partial charge in [-0.15, -0.1) is 0 Å². The van der Waals surface area contributed by atoms with Crippen LogP contribution in [0.1, 0.15) is 5.56 Å². The van der Waals surface area contributed by atoms with E-state index in [0.29, 0.717) is 17.4 Å². The zero-order valence-electron chi connectivity index (χ0n) is 10.2. The summed E-state index contributed by atoms with van der Waals surface area (Å²) in [5.74, 6) is 0.683. The molecule has 0 spiro atoms. The van der Waals surface area contributed by atoms with E-state index in [9.17, 15) is 0 Å². The van der Waals surface area contributed by atoms with Gasteiger partial charge in [0.15, 0.2) is 0 Å². The van der Waals surface area contributed by atoms with Crippen LogP contribution in [0, 0.1) is 0 Å². The number of para-hydroxylation sites is 1. The van der Waals surface area contributed by atoms with Gasteiger partial charge in [-0.1, -0.05) is 23.7 Å². The molecule has 3 aromatic rings. The number of hydrogen-bond acceptors (Lipinski definition) is 2. The van der Waals surface area contributed by atoms with Crippen molar-refractivity contribution in [3.63, 3.8) is 0 Å². The largest absolute Gasteiger partial charge is 0.487 e. The molecule has 0 saturated carbocycles. The van der Waals surface area contributed by atoms with Crippen molar-refractivity contribution in [2.24, 2.45) is 0 Å². The van der Waals surface area contributed by atoms with Crippen molar-refractivity contribution < 1.29 is 4.74 Å². The van der Waals surface area contributed by atoms with Gasteiger partial charge < -0.3 is 15.5 Å². The molecule has 0 radical (unpaired) electrons. The lowest BCUT2D eigenvalue weighted by atomic mass is 10.1. The Morgan fingerprint density at radius 2 is 2.00 bits per heavy atom. The highest BCUT2D eigenvalue weighted by atomic mass is 35.5. The number of nitrogens with one attached hydrogen (secondary N) is 1. The van der Waals surface area contributed by atoms with Crippen LogP contribution in [-0.4, -0.2) is 4.98 Å². The second kappa shape index (κ2) is 4.86. The fourth-order valence-electron chi connectivity index (χ4n) is 2.03. The van der Waals surface area contributed by atoms with Crippen molar-refractivity contribution in [3.8, 4) is 5.75 Å². The van der Waals surface area contributed by atoms with E-state index in [0.717, 1.165) is 22.2 Å². The Kier molecular flexibility index (Phi) is 3.05. The first-order valence-electron chi connectivity index (χ1n) is 5.97. The zero-order chi connectivity index (χ0) is 13.2. The third-order valence-corrected chi connectivity index (χ3v) is 3.32. The summed E-state index contributed by atoms with van der Waals surface area (Å²) in [4.78, 5) is 3.20. The number of benzene rings is 2. The number of H-pyrrole nitrogens is 1. The van der Waals surface area contributed by atoms with Gasteiger partial charge >= 0.3 is 0 Å². The minimum atomic E-state index is 0.452. The molecule has 0 unspecified atom stereocenters. The van der Waals surface area contributed by atoms with Crippen molar-refractivity contribution in [1.29, 1.82) is 0 Å². The van der Waals surface area contributed by atoms with Crippen LogP contribution in [0.15, 0.2) is 48.7 Å². The summed E-state index contributed by atoms with van der Waals surface area (Å²) >= 11 is 6.06. The number of halogens is 1. The number of nitrogen functional groups attached to an aromatic ring is 1. The normalized spacial score (nSPS) is 10.8. The third-order valence-electron chi connectivity index (χ3n) is 3.01. The van der Waals surface area contributed by atoms with Crippen molar-refractivity contribution in [1.82, 2.24) is 4.98 Å². The topological polar surface area (TPSA) is 51.0 Å². The smallest absolute Gasteiger partial charge is 0.138 e. The third kappa shape index (κ3) is 2.37. The maximum atomic E-state index is 6.06. The van der Waals surface area contributed by atoms with E-state index in [1.54, 1.807) is 0 Å². The first-order valence-corrected chi connectivity index (χ1v) is 6.34. The molecule has 19 heavy (non-hydrogen) atoms. The van der Waals surface area contributed by atoms with E-state index in [2.05, 4.69) is 4.98 Å². The number of rotatable bonds is 3. The maximum absolute atomic E-state index is 6.06. The number of fused-ring (bicyclic) bond motifs is 1. The highest BCUT2D eigenvalue weighted by molar-refractivity contribution is 6.32. The summed E-state index contributed by atoms with van der Waals surface area (Å²) in [6.45, 7) is 0.452.